The zero-order chi connectivity index (χ0) is 21.9. The van der Waals surface area contributed by atoms with E-state index in [2.05, 4.69) is 31.0 Å². The summed E-state index contributed by atoms with van der Waals surface area (Å²) < 4.78 is 3.58. The van der Waals surface area contributed by atoms with Gasteiger partial charge in [0.2, 0.25) is 0 Å². The summed E-state index contributed by atoms with van der Waals surface area (Å²) in [6.07, 6.45) is 14.0. The topological polar surface area (TPSA) is 78.5 Å². The van der Waals surface area contributed by atoms with Crippen LogP contribution in [0.3, 0.4) is 0 Å². The third-order valence-electron chi connectivity index (χ3n) is 6.05. The lowest BCUT2D eigenvalue weighted by Gasteiger charge is -2.21. The molecule has 1 aliphatic carbocycles. The minimum atomic E-state index is -0.115. The van der Waals surface area contributed by atoms with E-state index in [1.54, 1.807) is 12.1 Å². The van der Waals surface area contributed by atoms with Gasteiger partial charge >= 0.3 is 0 Å². The molecule has 0 N–H and O–H groups in total. The van der Waals surface area contributed by atoms with E-state index in [9.17, 15) is 4.79 Å². The van der Waals surface area contributed by atoms with Gasteiger partial charge in [-0.15, -0.1) is 0 Å². The lowest BCUT2D eigenvalue weighted by molar-refractivity contribution is 0.329. The zero-order valence-electron chi connectivity index (χ0n) is 18.2. The Morgan fingerprint density at radius 2 is 1.75 bits per heavy atom. The molecule has 1 fully saturated rings. The molecule has 0 amide bonds. The summed E-state index contributed by atoms with van der Waals surface area (Å²) in [6, 6.07) is 11.7. The lowest BCUT2D eigenvalue weighted by Crippen LogP contribution is -2.22. The third-order valence-corrected chi connectivity index (χ3v) is 6.05. The smallest absolute Gasteiger partial charge is 0.267 e. The van der Waals surface area contributed by atoms with E-state index in [1.165, 1.54) is 36.8 Å². The van der Waals surface area contributed by atoms with Gasteiger partial charge in [0.1, 0.15) is 0 Å². The molecular formula is C25H26N6O. The molecule has 5 rings (SSSR count). The van der Waals surface area contributed by atoms with E-state index in [4.69, 9.17) is 0 Å². The first-order valence-corrected chi connectivity index (χ1v) is 11.2. The molecule has 7 heteroatoms. The molecule has 7 nitrogen and oxygen atoms in total. The highest BCUT2D eigenvalue weighted by molar-refractivity contribution is 5.62. The fourth-order valence-electron chi connectivity index (χ4n) is 4.30. The summed E-state index contributed by atoms with van der Waals surface area (Å²) in [5.74, 6) is 0.653. The Morgan fingerprint density at radius 1 is 0.938 bits per heavy atom. The van der Waals surface area contributed by atoms with Crippen molar-refractivity contribution < 1.29 is 0 Å². The molecule has 32 heavy (non-hydrogen) atoms. The van der Waals surface area contributed by atoms with Gasteiger partial charge in [-0.05, 0) is 37.5 Å². The molecule has 0 spiro atoms. The van der Waals surface area contributed by atoms with Crippen LogP contribution in [-0.2, 0) is 6.54 Å². The second kappa shape index (κ2) is 8.86. The van der Waals surface area contributed by atoms with Crippen LogP contribution in [0.5, 0.6) is 0 Å². The average molecular weight is 427 g/mol. The predicted molar refractivity (Wildman–Crippen MR) is 123 cm³/mol. The Hall–Kier alpha value is -3.61. The number of aryl methyl sites for hydroxylation is 1. The minimum absolute atomic E-state index is 0.115. The van der Waals surface area contributed by atoms with E-state index in [1.807, 2.05) is 49.8 Å². The predicted octanol–water partition coefficient (Wildman–Crippen LogP) is 4.43. The second-order valence-corrected chi connectivity index (χ2v) is 8.47. The first-order valence-electron chi connectivity index (χ1n) is 11.2. The van der Waals surface area contributed by atoms with Crippen molar-refractivity contribution in [2.24, 2.45) is 0 Å². The van der Waals surface area contributed by atoms with Crippen molar-refractivity contribution in [1.82, 2.24) is 29.5 Å². The fourth-order valence-corrected chi connectivity index (χ4v) is 4.30. The van der Waals surface area contributed by atoms with Crippen LogP contribution in [0.15, 0.2) is 66.0 Å². The molecule has 0 unspecified atom stereocenters. The van der Waals surface area contributed by atoms with Gasteiger partial charge < -0.3 is 0 Å². The van der Waals surface area contributed by atoms with Crippen molar-refractivity contribution in [3.63, 3.8) is 0 Å². The number of aromatic nitrogens is 6. The summed E-state index contributed by atoms with van der Waals surface area (Å²) in [4.78, 5) is 21.3. The first kappa shape index (κ1) is 20.3. The SMILES string of the molecule is Cc1ccc(=O)n(Cc2cccc(-c3ncc(-c4cnn(C5CCCCC5)c4)cn3)c2)n1. The summed E-state index contributed by atoms with van der Waals surface area (Å²) in [5.41, 5.74) is 4.59. The largest absolute Gasteiger partial charge is 0.269 e. The number of nitrogens with zero attached hydrogens (tertiary/aromatic N) is 6. The molecule has 1 saturated carbocycles. The molecule has 0 saturated heterocycles. The van der Waals surface area contributed by atoms with E-state index in [0.717, 1.165) is 27.9 Å². The minimum Gasteiger partial charge on any atom is -0.269 e. The number of rotatable bonds is 5. The molecule has 0 aliphatic heterocycles. The fraction of sp³-hybridized carbons (Fsp3) is 0.320. The Balaban J connectivity index is 1.34. The Morgan fingerprint density at radius 3 is 2.56 bits per heavy atom. The van der Waals surface area contributed by atoms with Gasteiger partial charge in [0.25, 0.3) is 5.56 Å². The van der Waals surface area contributed by atoms with E-state index >= 15 is 0 Å². The van der Waals surface area contributed by atoms with Crippen LogP contribution in [-0.4, -0.2) is 29.5 Å². The van der Waals surface area contributed by atoms with E-state index < -0.39 is 0 Å². The summed E-state index contributed by atoms with van der Waals surface area (Å²) in [5, 5.41) is 8.91. The molecule has 0 radical (unpaired) electrons. The summed E-state index contributed by atoms with van der Waals surface area (Å²) in [7, 11) is 0. The van der Waals surface area contributed by atoms with Gasteiger partial charge in [-0.1, -0.05) is 37.5 Å². The number of benzene rings is 1. The maximum atomic E-state index is 12.1. The van der Waals surface area contributed by atoms with Crippen LogP contribution >= 0.6 is 0 Å². The standard InChI is InChI=1S/C25H26N6O/c1-18-10-11-24(32)31(29-18)16-19-6-5-7-20(12-19)25-26-13-21(14-27-25)22-15-28-30(17-22)23-8-3-2-4-9-23/h5-7,10-15,17,23H,2-4,8-9,16H2,1H3. The van der Waals surface area contributed by atoms with Crippen molar-refractivity contribution in [2.75, 3.05) is 0 Å². The highest BCUT2D eigenvalue weighted by Crippen LogP contribution is 2.29. The maximum Gasteiger partial charge on any atom is 0.267 e. The first-order chi connectivity index (χ1) is 15.7. The molecule has 0 atom stereocenters. The molecule has 3 heterocycles. The highest BCUT2D eigenvalue weighted by Gasteiger charge is 2.16. The molecule has 1 aromatic carbocycles. The van der Waals surface area contributed by atoms with Crippen LogP contribution in [0.25, 0.3) is 22.5 Å². The zero-order valence-corrected chi connectivity index (χ0v) is 18.2. The van der Waals surface area contributed by atoms with Gasteiger partial charge in [0.05, 0.1) is 24.5 Å². The number of hydrogen-bond acceptors (Lipinski definition) is 5. The van der Waals surface area contributed by atoms with Gasteiger partial charge in [0.15, 0.2) is 5.82 Å². The third kappa shape index (κ3) is 4.37. The normalized spacial score (nSPS) is 14.5. The van der Waals surface area contributed by atoms with Crippen LogP contribution in [0.1, 0.15) is 49.4 Å². The van der Waals surface area contributed by atoms with Crippen molar-refractivity contribution in [3.05, 3.63) is 82.8 Å². The van der Waals surface area contributed by atoms with Gasteiger partial charge in [-0.3, -0.25) is 9.48 Å². The molecule has 162 valence electrons. The summed E-state index contributed by atoms with van der Waals surface area (Å²) >= 11 is 0. The van der Waals surface area contributed by atoms with E-state index in [0.29, 0.717) is 18.4 Å². The van der Waals surface area contributed by atoms with Crippen molar-refractivity contribution in [1.29, 1.82) is 0 Å². The number of hydrogen-bond donors (Lipinski definition) is 0. The molecule has 3 aromatic heterocycles. The highest BCUT2D eigenvalue weighted by atomic mass is 16.1. The van der Waals surface area contributed by atoms with Gasteiger partial charge in [-0.25, -0.2) is 14.6 Å². The molecule has 0 bridgehead atoms. The average Bonchev–Trinajstić information content (AvgIpc) is 3.33. The van der Waals surface area contributed by atoms with Gasteiger partial charge in [0, 0.05) is 41.3 Å². The van der Waals surface area contributed by atoms with Crippen LogP contribution in [0.2, 0.25) is 0 Å². The van der Waals surface area contributed by atoms with Crippen LogP contribution in [0, 0.1) is 6.92 Å². The molecular weight excluding hydrogens is 400 g/mol. The van der Waals surface area contributed by atoms with Crippen molar-refractivity contribution >= 4 is 0 Å². The summed E-state index contributed by atoms with van der Waals surface area (Å²) in [6.45, 7) is 2.29. The quantitative estimate of drug-likeness (QED) is 0.472. The molecule has 1 aliphatic rings. The Bertz CT molecular complexity index is 1270. The Labute approximate surface area is 186 Å². The van der Waals surface area contributed by atoms with Gasteiger partial charge in [-0.2, -0.15) is 10.2 Å². The second-order valence-electron chi connectivity index (χ2n) is 8.47. The van der Waals surface area contributed by atoms with Crippen molar-refractivity contribution in [3.8, 4) is 22.5 Å². The molecule has 4 aromatic rings. The maximum absolute atomic E-state index is 12.1. The Kier molecular flexibility index (Phi) is 5.62. The lowest BCUT2D eigenvalue weighted by atomic mass is 9.96. The monoisotopic (exact) mass is 426 g/mol. The van der Waals surface area contributed by atoms with Crippen LogP contribution in [0.4, 0.5) is 0 Å². The van der Waals surface area contributed by atoms with Crippen molar-refractivity contribution in [2.45, 2.75) is 51.6 Å². The van der Waals surface area contributed by atoms with Crippen LogP contribution < -0.4 is 5.56 Å². The van der Waals surface area contributed by atoms with E-state index in [-0.39, 0.29) is 5.56 Å².